The van der Waals surface area contributed by atoms with Crippen LogP contribution in [0.3, 0.4) is 0 Å². The first-order chi connectivity index (χ1) is 8.15. The first kappa shape index (κ1) is 12.2. The predicted molar refractivity (Wildman–Crippen MR) is 74.3 cm³/mol. The molecule has 94 valence electrons. The lowest BCUT2D eigenvalue weighted by atomic mass is 9.97. The van der Waals surface area contributed by atoms with Gasteiger partial charge >= 0.3 is 0 Å². The van der Waals surface area contributed by atoms with Crippen LogP contribution in [0.15, 0.2) is 18.2 Å². The van der Waals surface area contributed by atoms with Crippen molar-refractivity contribution < 1.29 is 0 Å². The molecule has 0 bridgehead atoms. The van der Waals surface area contributed by atoms with Crippen molar-refractivity contribution >= 4 is 11.4 Å². The van der Waals surface area contributed by atoms with E-state index in [0.717, 1.165) is 23.8 Å². The number of likely N-dealkylation sites (tertiary alicyclic amines) is 1. The van der Waals surface area contributed by atoms with Crippen LogP contribution in [0.1, 0.15) is 18.4 Å². The highest BCUT2D eigenvalue weighted by Crippen LogP contribution is 2.22. The number of rotatable bonds is 3. The molecule has 1 aliphatic heterocycles. The molecule has 17 heavy (non-hydrogen) atoms. The Hall–Kier alpha value is -1.22. The van der Waals surface area contributed by atoms with Crippen LogP contribution in [0.4, 0.5) is 11.4 Å². The van der Waals surface area contributed by atoms with E-state index in [1.807, 2.05) is 6.07 Å². The van der Waals surface area contributed by atoms with E-state index in [-0.39, 0.29) is 0 Å². The van der Waals surface area contributed by atoms with Crippen LogP contribution in [0.5, 0.6) is 0 Å². The number of benzene rings is 1. The van der Waals surface area contributed by atoms with Gasteiger partial charge in [0.25, 0.3) is 0 Å². The highest BCUT2D eigenvalue weighted by Gasteiger charge is 2.16. The molecule has 0 aromatic heterocycles. The van der Waals surface area contributed by atoms with Crippen LogP contribution >= 0.6 is 0 Å². The van der Waals surface area contributed by atoms with Gasteiger partial charge in [-0.2, -0.15) is 0 Å². The van der Waals surface area contributed by atoms with Crippen molar-refractivity contribution in [1.82, 2.24) is 4.90 Å². The molecule has 1 aromatic rings. The molecule has 0 radical (unpaired) electrons. The summed E-state index contributed by atoms with van der Waals surface area (Å²) in [4.78, 5) is 2.40. The number of nitrogens with zero attached hydrogens (tertiary/aromatic N) is 1. The zero-order chi connectivity index (χ0) is 12.3. The largest absolute Gasteiger partial charge is 0.397 e. The zero-order valence-corrected chi connectivity index (χ0v) is 10.9. The molecule has 0 spiro atoms. The Bertz CT molecular complexity index is 368. The summed E-state index contributed by atoms with van der Waals surface area (Å²) in [5.41, 5.74) is 9.14. The summed E-state index contributed by atoms with van der Waals surface area (Å²) >= 11 is 0. The highest BCUT2D eigenvalue weighted by atomic mass is 15.1. The fourth-order valence-corrected chi connectivity index (χ4v) is 2.36. The number of hydrogen-bond acceptors (Lipinski definition) is 3. The van der Waals surface area contributed by atoms with Gasteiger partial charge < -0.3 is 16.0 Å². The molecule has 1 fully saturated rings. The third-order valence-corrected chi connectivity index (χ3v) is 3.63. The molecule has 1 aromatic carbocycles. The molecule has 1 heterocycles. The zero-order valence-electron chi connectivity index (χ0n) is 10.9. The fraction of sp³-hybridized carbons (Fsp3) is 0.571. The molecule has 3 N–H and O–H groups in total. The Balaban J connectivity index is 1.85. The molecule has 3 heteroatoms. The van der Waals surface area contributed by atoms with Crippen molar-refractivity contribution in [2.75, 3.05) is 37.7 Å². The molecule has 0 aliphatic carbocycles. The van der Waals surface area contributed by atoms with E-state index in [4.69, 9.17) is 5.73 Å². The number of aryl methyl sites for hydroxylation is 1. The lowest BCUT2D eigenvalue weighted by molar-refractivity contribution is 0.226. The van der Waals surface area contributed by atoms with Gasteiger partial charge in [0.05, 0.1) is 11.4 Å². The Labute approximate surface area is 104 Å². The lowest BCUT2D eigenvalue weighted by Crippen LogP contribution is -2.33. The third-order valence-electron chi connectivity index (χ3n) is 3.63. The Morgan fingerprint density at radius 1 is 1.35 bits per heavy atom. The summed E-state index contributed by atoms with van der Waals surface area (Å²) in [5, 5.41) is 3.48. The van der Waals surface area contributed by atoms with E-state index < -0.39 is 0 Å². The molecule has 2 rings (SSSR count). The molecular formula is C14H23N3. The number of nitrogen functional groups attached to an aromatic ring is 1. The van der Waals surface area contributed by atoms with Gasteiger partial charge in [-0.1, -0.05) is 6.07 Å². The number of hydrogen-bond donors (Lipinski definition) is 2. The van der Waals surface area contributed by atoms with Crippen molar-refractivity contribution in [3.63, 3.8) is 0 Å². The van der Waals surface area contributed by atoms with Gasteiger partial charge in [0.1, 0.15) is 0 Å². The predicted octanol–water partition coefficient (Wildman–Crippen LogP) is 2.33. The van der Waals surface area contributed by atoms with E-state index in [0.29, 0.717) is 0 Å². The van der Waals surface area contributed by atoms with Crippen LogP contribution in [-0.4, -0.2) is 31.6 Å². The molecule has 0 amide bonds. The maximum Gasteiger partial charge on any atom is 0.0574 e. The van der Waals surface area contributed by atoms with Crippen molar-refractivity contribution in [2.45, 2.75) is 19.8 Å². The standard InChI is InChI=1S/C14H23N3/c1-11-3-4-14(13(15)9-11)16-10-12-5-7-17(2)8-6-12/h3-4,9,12,16H,5-8,10,15H2,1-2H3. The Morgan fingerprint density at radius 3 is 2.71 bits per heavy atom. The van der Waals surface area contributed by atoms with Crippen LogP contribution < -0.4 is 11.1 Å². The van der Waals surface area contributed by atoms with Crippen LogP contribution in [0.2, 0.25) is 0 Å². The van der Waals surface area contributed by atoms with Gasteiger partial charge in [-0.3, -0.25) is 0 Å². The summed E-state index contributed by atoms with van der Waals surface area (Å²) in [7, 11) is 2.20. The number of nitrogens with one attached hydrogen (secondary N) is 1. The summed E-state index contributed by atoms with van der Waals surface area (Å²) in [6, 6.07) is 6.21. The Kier molecular flexibility index (Phi) is 3.89. The van der Waals surface area contributed by atoms with Gasteiger partial charge in [0.2, 0.25) is 0 Å². The molecule has 3 nitrogen and oxygen atoms in total. The minimum Gasteiger partial charge on any atom is -0.397 e. The van der Waals surface area contributed by atoms with E-state index in [9.17, 15) is 0 Å². The Morgan fingerprint density at radius 2 is 2.06 bits per heavy atom. The van der Waals surface area contributed by atoms with Gasteiger partial charge in [-0.15, -0.1) is 0 Å². The maximum absolute atomic E-state index is 5.99. The van der Waals surface area contributed by atoms with Crippen molar-refractivity contribution in [3.05, 3.63) is 23.8 Å². The van der Waals surface area contributed by atoms with Crippen LogP contribution in [0.25, 0.3) is 0 Å². The van der Waals surface area contributed by atoms with E-state index in [2.05, 4.69) is 36.3 Å². The second-order valence-corrected chi connectivity index (χ2v) is 5.22. The molecule has 1 saturated heterocycles. The van der Waals surface area contributed by atoms with Crippen molar-refractivity contribution in [1.29, 1.82) is 0 Å². The second kappa shape index (κ2) is 5.41. The first-order valence-corrected chi connectivity index (χ1v) is 6.43. The highest BCUT2D eigenvalue weighted by molar-refractivity contribution is 5.66. The minimum atomic E-state index is 0.784. The SMILES string of the molecule is Cc1ccc(NCC2CCN(C)CC2)c(N)c1. The second-order valence-electron chi connectivity index (χ2n) is 5.22. The molecule has 0 saturated carbocycles. The van der Waals surface area contributed by atoms with E-state index in [1.54, 1.807) is 0 Å². The normalized spacial score (nSPS) is 18.2. The van der Waals surface area contributed by atoms with Gasteiger partial charge in [0, 0.05) is 6.54 Å². The number of anilines is 2. The molecule has 0 unspecified atom stereocenters. The summed E-state index contributed by atoms with van der Waals surface area (Å²) in [6.07, 6.45) is 2.57. The maximum atomic E-state index is 5.99. The fourth-order valence-electron chi connectivity index (χ4n) is 2.36. The average Bonchev–Trinajstić information content (AvgIpc) is 2.30. The van der Waals surface area contributed by atoms with E-state index >= 15 is 0 Å². The molecular weight excluding hydrogens is 210 g/mol. The lowest BCUT2D eigenvalue weighted by Gasteiger charge is -2.29. The van der Waals surface area contributed by atoms with Crippen molar-refractivity contribution in [3.8, 4) is 0 Å². The summed E-state index contributed by atoms with van der Waals surface area (Å²) in [5.74, 6) is 0.784. The van der Waals surface area contributed by atoms with Crippen LogP contribution in [-0.2, 0) is 0 Å². The third kappa shape index (κ3) is 3.37. The smallest absolute Gasteiger partial charge is 0.0574 e. The van der Waals surface area contributed by atoms with Gasteiger partial charge in [-0.05, 0) is 63.5 Å². The molecule has 0 atom stereocenters. The van der Waals surface area contributed by atoms with E-state index in [1.165, 1.54) is 31.5 Å². The monoisotopic (exact) mass is 233 g/mol. The quantitative estimate of drug-likeness (QED) is 0.787. The van der Waals surface area contributed by atoms with Crippen molar-refractivity contribution in [2.24, 2.45) is 5.92 Å². The first-order valence-electron chi connectivity index (χ1n) is 6.43. The molecule has 1 aliphatic rings. The topological polar surface area (TPSA) is 41.3 Å². The summed E-state index contributed by atoms with van der Waals surface area (Å²) in [6.45, 7) is 5.55. The van der Waals surface area contributed by atoms with Gasteiger partial charge in [-0.25, -0.2) is 0 Å². The minimum absolute atomic E-state index is 0.784. The van der Waals surface area contributed by atoms with Crippen LogP contribution in [0, 0.1) is 12.8 Å². The number of piperidine rings is 1. The average molecular weight is 233 g/mol. The number of nitrogens with two attached hydrogens (primary N) is 1. The summed E-state index contributed by atoms with van der Waals surface area (Å²) < 4.78 is 0. The van der Waals surface area contributed by atoms with Gasteiger partial charge in [0.15, 0.2) is 0 Å².